The van der Waals surface area contributed by atoms with Gasteiger partial charge in [0.2, 0.25) is 5.91 Å². The maximum absolute atomic E-state index is 12.7. The smallest absolute Gasteiger partial charge is 0.255 e. The summed E-state index contributed by atoms with van der Waals surface area (Å²) in [6.07, 6.45) is 4.61. The van der Waals surface area contributed by atoms with Gasteiger partial charge in [0.15, 0.2) is 0 Å². The van der Waals surface area contributed by atoms with E-state index in [0.717, 1.165) is 43.6 Å². The minimum atomic E-state index is -0.312. The molecule has 5 nitrogen and oxygen atoms in total. The van der Waals surface area contributed by atoms with Gasteiger partial charge in [-0.2, -0.15) is 0 Å². The summed E-state index contributed by atoms with van der Waals surface area (Å²) >= 11 is 0. The highest BCUT2D eigenvalue weighted by atomic mass is 16.2. The van der Waals surface area contributed by atoms with E-state index in [9.17, 15) is 9.59 Å². The van der Waals surface area contributed by atoms with Crippen LogP contribution in [-0.2, 0) is 11.8 Å². The Kier molecular flexibility index (Phi) is 3.75. The highest BCUT2D eigenvalue weighted by molar-refractivity contribution is 5.96. The van der Waals surface area contributed by atoms with Gasteiger partial charge in [0.05, 0.1) is 11.0 Å². The largest absolute Gasteiger partial charge is 0.354 e. The molecule has 0 radical (unpaired) electrons. The molecular weight excluding hydrogens is 278 g/mol. The lowest BCUT2D eigenvalue weighted by Crippen LogP contribution is -2.38. The summed E-state index contributed by atoms with van der Waals surface area (Å²) in [5.41, 5.74) is 1.43. The zero-order chi connectivity index (χ0) is 15.9. The molecule has 1 aromatic rings. The monoisotopic (exact) mass is 303 g/mol. The van der Waals surface area contributed by atoms with Crippen LogP contribution in [0.15, 0.2) is 12.3 Å². The van der Waals surface area contributed by atoms with Crippen molar-refractivity contribution >= 4 is 11.8 Å². The summed E-state index contributed by atoms with van der Waals surface area (Å²) in [7, 11) is 1.95. The predicted molar refractivity (Wildman–Crippen MR) is 84.6 cm³/mol. The number of nitrogens with zero attached hydrogens (tertiary/aromatic N) is 3. The van der Waals surface area contributed by atoms with E-state index in [0.29, 0.717) is 13.1 Å². The lowest BCUT2D eigenvalue weighted by atomic mass is 9.85. The first-order chi connectivity index (χ1) is 10.5. The molecule has 1 aromatic heterocycles. The number of hydrogen-bond acceptors (Lipinski definition) is 2. The van der Waals surface area contributed by atoms with Gasteiger partial charge in [-0.05, 0) is 32.3 Å². The normalized spacial score (nSPS) is 24.8. The zero-order valence-electron chi connectivity index (χ0n) is 13.8. The van der Waals surface area contributed by atoms with Crippen molar-refractivity contribution in [3.05, 3.63) is 23.5 Å². The summed E-state index contributed by atoms with van der Waals surface area (Å²) in [5, 5.41) is 0. The van der Waals surface area contributed by atoms with Gasteiger partial charge < -0.3 is 14.4 Å². The van der Waals surface area contributed by atoms with E-state index in [1.807, 2.05) is 40.6 Å². The van der Waals surface area contributed by atoms with Gasteiger partial charge >= 0.3 is 0 Å². The molecule has 2 fully saturated rings. The Morgan fingerprint density at radius 2 is 2.05 bits per heavy atom. The molecule has 1 atom stereocenters. The summed E-state index contributed by atoms with van der Waals surface area (Å²) in [4.78, 5) is 29.2. The molecule has 1 spiro atoms. The number of carbonyl (C=O) groups is 2. The molecule has 2 aliphatic heterocycles. The fraction of sp³-hybridized carbons (Fsp3) is 0.647. The van der Waals surface area contributed by atoms with Gasteiger partial charge in [-0.3, -0.25) is 9.59 Å². The fourth-order valence-corrected chi connectivity index (χ4v) is 3.81. The molecule has 3 heterocycles. The first-order valence-corrected chi connectivity index (χ1v) is 8.19. The van der Waals surface area contributed by atoms with Gasteiger partial charge in [0.25, 0.3) is 5.91 Å². The van der Waals surface area contributed by atoms with Gasteiger partial charge in [-0.25, -0.2) is 0 Å². The van der Waals surface area contributed by atoms with Crippen LogP contribution in [0, 0.1) is 12.3 Å². The lowest BCUT2D eigenvalue weighted by molar-refractivity contribution is -0.135. The van der Waals surface area contributed by atoms with Crippen LogP contribution < -0.4 is 0 Å². The molecule has 1 unspecified atom stereocenters. The van der Waals surface area contributed by atoms with Crippen LogP contribution in [0.4, 0.5) is 0 Å². The van der Waals surface area contributed by atoms with Crippen molar-refractivity contribution < 1.29 is 9.59 Å². The van der Waals surface area contributed by atoms with Crippen molar-refractivity contribution in [2.75, 3.05) is 26.2 Å². The number of rotatable bonds is 3. The van der Waals surface area contributed by atoms with Crippen LogP contribution in [0.2, 0.25) is 0 Å². The van der Waals surface area contributed by atoms with Gasteiger partial charge in [-0.15, -0.1) is 0 Å². The van der Waals surface area contributed by atoms with E-state index in [4.69, 9.17) is 0 Å². The van der Waals surface area contributed by atoms with Crippen LogP contribution in [0.5, 0.6) is 0 Å². The molecule has 2 aliphatic rings. The van der Waals surface area contributed by atoms with Crippen LogP contribution in [0.25, 0.3) is 0 Å². The molecule has 0 aliphatic carbocycles. The molecule has 22 heavy (non-hydrogen) atoms. The number of aryl methyl sites for hydroxylation is 1. The standard InChI is InChI=1S/C17H25N3O2/c1-4-8-19-10-6-17(16(19)22)7-11-20(12-17)15(21)14-5-9-18(3)13(14)2/h5,9H,4,6-8,10-12H2,1-3H3. The Morgan fingerprint density at radius 1 is 1.32 bits per heavy atom. The van der Waals surface area contributed by atoms with Crippen molar-refractivity contribution in [2.45, 2.75) is 33.1 Å². The first-order valence-electron chi connectivity index (χ1n) is 8.19. The Morgan fingerprint density at radius 3 is 2.68 bits per heavy atom. The summed E-state index contributed by atoms with van der Waals surface area (Å²) in [6.45, 7) is 7.02. The second-order valence-corrected chi connectivity index (χ2v) is 6.72. The Bertz CT molecular complexity index is 607. The molecule has 3 rings (SSSR count). The molecule has 0 aromatic carbocycles. The number of likely N-dealkylation sites (tertiary alicyclic amines) is 2. The number of hydrogen-bond donors (Lipinski definition) is 0. The van der Waals surface area contributed by atoms with Crippen molar-refractivity contribution in [3.63, 3.8) is 0 Å². The van der Waals surface area contributed by atoms with Crippen LogP contribution >= 0.6 is 0 Å². The third-order valence-electron chi connectivity index (χ3n) is 5.35. The van der Waals surface area contributed by atoms with E-state index < -0.39 is 0 Å². The first kappa shape index (κ1) is 15.1. The predicted octanol–water partition coefficient (Wildman–Crippen LogP) is 1.81. The van der Waals surface area contributed by atoms with Gasteiger partial charge in [0.1, 0.15) is 0 Å². The highest BCUT2D eigenvalue weighted by Gasteiger charge is 2.51. The summed E-state index contributed by atoms with van der Waals surface area (Å²) in [5.74, 6) is 0.325. The second-order valence-electron chi connectivity index (χ2n) is 6.72. The average molecular weight is 303 g/mol. The quantitative estimate of drug-likeness (QED) is 0.855. The van der Waals surface area contributed by atoms with Gasteiger partial charge in [-0.1, -0.05) is 6.92 Å². The van der Waals surface area contributed by atoms with E-state index in [2.05, 4.69) is 6.92 Å². The van der Waals surface area contributed by atoms with E-state index in [1.165, 1.54) is 0 Å². The molecule has 5 heteroatoms. The van der Waals surface area contributed by atoms with E-state index in [-0.39, 0.29) is 17.2 Å². The van der Waals surface area contributed by atoms with Crippen LogP contribution in [-0.4, -0.2) is 52.4 Å². The molecule has 2 saturated heterocycles. The molecule has 2 amide bonds. The van der Waals surface area contributed by atoms with Crippen molar-refractivity contribution in [2.24, 2.45) is 12.5 Å². The number of aromatic nitrogens is 1. The molecule has 0 saturated carbocycles. The van der Waals surface area contributed by atoms with Crippen LogP contribution in [0.1, 0.15) is 42.2 Å². The maximum Gasteiger partial charge on any atom is 0.255 e. The van der Waals surface area contributed by atoms with Crippen LogP contribution in [0.3, 0.4) is 0 Å². The molecule has 120 valence electrons. The molecule has 0 N–H and O–H groups in total. The van der Waals surface area contributed by atoms with Crippen molar-refractivity contribution in [1.82, 2.24) is 14.4 Å². The van der Waals surface area contributed by atoms with E-state index >= 15 is 0 Å². The SMILES string of the molecule is CCCN1CCC2(CCN(C(=O)c3ccn(C)c3C)C2)C1=O. The van der Waals surface area contributed by atoms with Gasteiger partial charge in [0, 0.05) is 45.1 Å². The van der Waals surface area contributed by atoms with Crippen molar-refractivity contribution in [3.8, 4) is 0 Å². The second kappa shape index (κ2) is 5.45. The number of amides is 2. The third-order valence-corrected chi connectivity index (χ3v) is 5.35. The topological polar surface area (TPSA) is 45.5 Å². The Labute approximate surface area is 131 Å². The van der Waals surface area contributed by atoms with E-state index in [1.54, 1.807) is 0 Å². The molecular formula is C17H25N3O2. The minimum absolute atomic E-state index is 0.0664. The molecule has 0 bridgehead atoms. The lowest BCUT2D eigenvalue weighted by Gasteiger charge is -2.23. The third kappa shape index (κ3) is 2.23. The fourth-order valence-electron chi connectivity index (χ4n) is 3.81. The zero-order valence-corrected chi connectivity index (χ0v) is 13.8. The highest BCUT2D eigenvalue weighted by Crippen LogP contribution is 2.41. The summed E-state index contributed by atoms with van der Waals surface area (Å²) in [6, 6.07) is 1.88. The Balaban J connectivity index is 1.74. The average Bonchev–Trinajstić information content (AvgIpc) is 3.16. The Hall–Kier alpha value is -1.78. The summed E-state index contributed by atoms with van der Waals surface area (Å²) < 4.78 is 1.96. The maximum atomic E-state index is 12.7. The van der Waals surface area contributed by atoms with Crippen molar-refractivity contribution in [1.29, 1.82) is 0 Å². The minimum Gasteiger partial charge on any atom is -0.354 e. The number of carbonyl (C=O) groups excluding carboxylic acids is 2.